The molecule has 0 saturated carbocycles. The van der Waals surface area contributed by atoms with Crippen molar-refractivity contribution in [3.63, 3.8) is 0 Å². The second kappa shape index (κ2) is 6.14. The zero-order chi connectivity index (χ0) is 17.2. The molecule has 3 aromatic rings. The van der Waals surface area contributed by atoms with Crippen molar-refractivity contribution in [2.75, 3.05) is 5.32 Å². The van der Waals surface area contributed by atoms with E-state index in [-0.39, 0.29) is 18.3 Å². The molecule has 0 atom stereocenters. The summed E-state index contributed by atoms with van der Waals surface area (Å²) in [5.74, 6) is -1.88. The van der Waals surface area contributed by atoms with Crippen LogP contribution < -0.4 is 5.32 Å². The van der Waals surface area contributed by atoms with E-state index >= 15 is 0 Å². The van der Waals surface area contributed by atoms with Gasteiger partial charge in [-0.2, -0.15) is 23.3 Å². The Hall–Kier alpha value is -3.17. The van der Waals surface area contributed by atoms with Crippen molar-refractivity contribution in [3.05, 3.63) is 48.6 Å². The van der Waals surface area contributed by atoms with Crippen LogP contribution in [-0.2, 0) is 17.5 Å². The van der Waals surface area contributed by atoms with Gasteiger partial charge in [0.2, 0.25) is 11.7 Å². The predicted molar refractivity (Wildman–Crippen MR) is 75.6 cm³/mol. The van der Waals surface area contributed by atoms with E-state index in [2.05, 4.69) is 25.1 Å². The molecule has 3 rings (SSSR count). The Morgan fingerprint density at radius 2 is 2.00 bits per heavy atom. The number of anilines is 1. The van der Waals surface area contributed by atoms with E-state index in [1.54, 1.807) is 18.5 Å². The molecule has 7 nitrogen and oxygen atoms in total. The van der Waals surface area contributed by atoms with Gasteiger partial charge in [-0.15, -0.1) is 0 Å². The first-order valence-corrected chi connectivity index (χ1v) is 6.70. The van der Waals surface area contributed by atoms with Gasteiger partial charge in [0.25, 0.3) is 0 Å². The average molecular weight is 337 g/mol. The van der Waals surface area contributed by atoms with Crippen molar-refractivity contribution in [3.8, 4) is 11.4 Å². The van der Waals surface area contributed by atoms with Crippen molar-refractivity contribution in [2.24, 2.45) is 0 Å². The molecule has 1 aromatic carbocycles. The van der Waals surface area contributed by atoms with Gasteiger partial charge in [-0.3, -0.25) is 9.48 Å². The third kappa shape index (κ3) is 3.59. The fourth-order valence-electron chi connectivity index (χ4n) is 1.90. The first kappa shape index (κ1) is 15.7. The van der Waals surface area contributed by atoms with E-state index in [1.807, 2.05) is 0 Å². The molecular formula is C14H10F3N5O2. The molecule has 1 N–H and O–H groups in total. The number of nitrogens with one attached hydrogen (secondary N) is 1. The number of nitrogens with zero attached hydrogens (tertiary/aromatic N) is 4. The number of amides is 1. The zero-order valence-corrected chi connectivity index (χ0v) is 12.0. The Balaban J connectivity index is 1.67. The quantitative estimate of drug-likeness (QED) is 0.791. The van der Waals surface area contributed by atoms with Gasteiger partial charge in [0.15, 0.2) is 0 Å². The fraction of sp³-hybridized carbons (Fsp3) is 0.143. The number of carbonyl (C=O) groups is 1. The van der Waals surface area contributed by atoms with Gasteiger partial charge in [0.1, 0.15) is 6.54 Å². The van der Waals surface area contributed by atoms with Gasteiger partial charge in [-0.1, -0.05) is 5.16 Å². The third-order valence-electron chi connectivity index (χ3n) is 2.96. The minimum absolute atomic E-state index is 0.0501. The molecule has 0 radical (unpaired) electrons. The van der Waals surface area contributed by atoms with Gasteiger partial charge in [-0.05, 0) is 30.3 Å². The number of carbonyl (C=O) groups excluding carboxylic acids is 1. The average Bonchev–Trinajstić information content (AvgIpc) is 3.18. The first-order valence-electron chi connectivity index (χ1n) is 6.70. The van der Waals surface area contributed by atoms with Crippen LogP contribution in [0.2, 0.25) is 0 Å². The number of hydrogen-bond donors (Lipinski definition) is 1. The summed E-state index contributed by atoms with van der Waals surface area (Å²) >= 11 is 0. The molecule has 0 fully saturated rings. The SMILES string of the molecule is O=C(Cn1cccn1)Nc1ccc(-c2noc(C(F)(F)F)n2)cc1. The zero-order valence-electron chi connectivity index (χ0n) is 12.0. The molecule has 0 spiro atoms. The van der Waals surface area contributed by atoms with Crippen LogP contribution in [0.15, 0.2) is 47.2 Å². The van der Waals surface area contributed by atoms with Crippen molar-refractivity contribution in [2.45, 2.75) is 12.7 Å². The van der Waals surface area contributed by atoms with Crippen molar-refractivity contribution < 1.29 is 22.5 Å². The minimum atomic E-state index is -4.69. The standard InChI is InChI=1S/C14H10F3N5O2/c15-14(16,17)13-20-12(21-24-13)9-2-4-10(5-3-9)19-11(23)8-22-7-1-6-18-22/h1-7H,8H2,(H,19,23). The second-order valence-corrected chi connectivity index (χ2v) is 4.75. The van der Waals surface area contributed by atoms with E-state index in [9.17, 15) is 18.0 Å². The van der Waals surface area contributed by atoms with Crippen LogP contribution >= 0.6 is 0 Å². The number of alkyl halides is 3. The number of rotatable bonds is 4. The predicted octanol–water partition coefficient (Wildman–Crippen LogP) is 2.59. The molecule has 124 valence electrons. The van der Waals surface area contributed by atoms with Crippen LogP contribution in [0.3, 0.4) is 0 Å². The molecular weight excluding hydrogens is 327 g/mol. The summed E-state index contributed by atoms with van der Waals surface area (Å²) in [5, 5.41) is 9.84. The van der Waals surface area contributed by atoms with Gasteiger partial charge in [0, 0.05) is 23.6 Å². The number of hydrogen-bond acceptors (Lipinski definition) is 5. The highest BCUT2D eigenvalue weighted by molar-refractivity contribution is 5.90. The normalized spacial score (nSPS) is 11.5. The van der Waals surface area contributed by atoms with Gasteiger partial charge in [0.05, 0.1) is 0 Å². The summed E-state index contributed by atoms with van der Waals surface area (Å²) in [4.78, 5) is 15.1. The van der Waals surface area contributed by atoms with E-state index in [0.29, 0.717) is 11.3 Å². The lowest BCUT2D eigenvalue weighted by Gasteiger charge is -2.05. The lowest BCUT2D eigenvalue weighted by molar-refractivity contribution is -0.159. The highest BCUT2D eigenvalue weighted by Crippen LogP contribution is 2.29. The van der Waals surface area contributed by atoms with Gasteiger partial charge < -0.3 is 9.84 Å². The topological polar surface area (TPSA) is 85.8 Å². The number of aromatic nitrogens is 4. The highest BCUT2D eigenvalue weighted by atomic mass is 19.4. The first-order chi connectivity index (χ1) is 11.4. The van der Waals surface area contributed by atoms with Crippen LogP contribution in [0, 0.1) is 0 Å². The summed E-state index contributed by atoms with van der Waals surface area (Å²) in [6.45, 7) is 0.0501. The van der Waals surface area contributed by atoms with E-state index < -0.39 is 12.1 Å². The lowest BCUT2D eigenvalue weighted by atomic mass is 10.2. The molecule has 2 heterocycles. The Kier molecular flexibility index (Phi) is 4.02. The van der Waals surface area contributed by atoms with Crippen molar-refractivity contribution >= 4 is 11.6 Å². The molecule has 0 unspecified atom stereocenters. The van der Waals surface area contributed by atoms with Crippen LogP contribution in [0.1, 0.15) is 5.89 Å². The largest absolute Gasteiger partial charge is 0.471 e. The van der Waals surface area contributed by atoms with E-state index in [1.165, 1.54) is 28.9 Å². The maximum Gasteiger partial charge on any atom is 0.471 e. The lowest BCUT2D eigenvalue weighted by Crippen LogP contribution is -2.18. The minimum Gasteiger partial charge on any atom is -0.329 e. The van der Waals surface area contributed by atoms with Crippen LogP contribution in [0.5, 0.6) is 0 Å². The Labute approximate surface area is 133 Å². The number of halogens is 3. The molecule has 0 aliphatic rings. The molecule has 2 aromatic heterocycles. The van der Waals surface area contributed by atoms with Gasteiger partial charge in [-0.25, -0.2) is 0 Å². The monoisotopic (exact) mass is 337 g/mol. The molecule has 0 aliphatic heterocycles. The Bertz CT molecular complexity index is 825. The van der Waals surface area contributed by atoms with Crippen LogP contribution in [-0.4, -0.2) is 25.8 Å². The summed E-state index contributed by atoms with van der Waals surface area (Å²) in [6, 6.07) is 7.71. The van der Waals surface area contributed by atoms with Crippen LogP contribution in [0.4, 0.5) is 18.9 Å². The number of benzene rings is 1. The summed E-state index contributed by atoms with van der Waals surface area (Å²) in [7, 11) is 0. The summed E-state index contributed by atoms with van der Waals surface area (Å²) in [5.41, 5.74) is 0.815. The van der Waals surface area contributed by atoms with E-state index in [4.69, 9.17) is 0 Å². The molecule has 10 heteroatoms. The third-order valence-corrected chi connectivity index (χ3v) is 2.96. The molecule has 24 heavy (non-hydrogen) atoms. The van der Waals surface area contributed by atoms with Gasteiger partial charge >= 0.3 is 12.1 Å². The summed E-state index contributed by atoms with van der Waals surface area (Å²) < 4.78 is 42.9. The molecule has 0 bridgehead atoms. The Morgan fingerprint density at radius 3 is 2.58 bits per heavy atom. The smallest absolute Gasteiger partial charge is 0.329 e. The maximum atomic E-state index is 12.4. The Morgan fingerprint density at radius 1 is 1.25 bits per heavy atom. The molecule has 1 amide bonds. The molecule has 0 saturated heterocycles. The van der Waals surface area contributed by atoms with Crippen LogP contribution in [0.25, 0.3) is 11.4 Å². The molecule has 0 aliphatic carbocycles. The summed E-state index contributed by atoms with van der Waals surface area (Å²) in [6.07, 6.45) is -1.48. The van der Waals surface area contributed by atoms with Crippen molar-refractivity contribution in [1.82, 2.24) is 19.9 Å². The fourth-order valence-corrected chi connectivity index (χ4v) is 1.90. The van der Waals surface area contributed by atoms with E-state index in [0.717, 1.165) is 0 Å². The van der Waals surface area contributed by atoms with Crippen molar-refractivity contribution in [1.29, 1.82) is 0 Å². The maximum absolute atomic E-state index is 12.4. The second-order valence-electron chi connectivity index (χ2n) is 4.75. The highest BCUT2D eigenvalue weighted by Gasteiger charge is 2.38.